The number of methoxy groups -OCH3 is 1. The van der Waals surface area contributed by atoms with Crippen LogP contribution >= 0.6 is 0 Å². The van der Waals surface area contributed by atoms with Gasteiger partial charge in [-0.3, -0.25) is 0 Å². The van der Waals surface area contributed by atoms with Crippen molar-refractivity contribution in [2.45, 2.75) is 20.0 Å². The molecule has 0 unspecified atom stereocenters. The maximum atomic E-state index is 5.52. The normalized spacial score (nSPS) is 10.9. The van der Waals surface area contributed by atoms with Crippen LogP contribution in [0.1, 0.15) is 19.4 Å². The summed E-state index contributed by atoms with van der Waals surface area (Å²) < 4.78 is 10.3. The molecule has 0 aliphatic carbocycles. The van der Waals surface area contributed by atoms with Gasteiger partial charge in [-0.15, -0.1) is 0 Å². The Hall–Kier alpha value is -1.44. The molecule has 0 saturated carbocycles. The molecule has 14 heavy (non-hydrogen) atoms. The third-order valence-electron chi connectivity index (χ3n) is 1.65. The zero-order valence-electron chi connectivity index (χ0n) is 8.86. The van der Waals surface area contributed by atoms with Crippen molar-refractivity contribution in [3.63, 3.8) is 0 Å². The van der Waals surface area contributed by atoms with E-state index in [-0.39, 0.29) is 6.10 Å². The predicted octanol–water partition coefficient (Wildman–Crippen LogP) is 3.09. The number of hydrogen-bond donors (Lipinski definition) is 0. The van der Waals surface area contributed by atoms with Crippen LogP contribution in [0.15, 0.2) is 30.5 Å². The lowest BCUT2D eigenvalue weighted by molar-refractivity contribution is 0.242. The van der Waals surface area contributed by atoms with E-state index in [9.17, 15) is 0 Å². The molecule has 0 heterocycles. The molecule has 2 heteroatoms. The molecule has 76 valence electrons. The minimum Gasteiger partial charge on any atom is -0.504 e. The van der Waals surface area contributed by atoms with E-state index in [2.05, 4.69) is 0 Å². The molecule has 0 aromatic heterocycles. The second kappa shape index (κ2) is 5.32. The van der Waals surface area contributed by atoms with Crippen LogP contribution in [-0.4, -0.2) is 13.2 Å². The third kappa shape index (κ3) is 3.52. The summed E-state index contributed by atoms with van der Waals surface area (Å²) in [5.74, 6) is 0.898. The van der Waals surface area contributed by atoms with Crippen LogP contribution < -0.4 is 4.74 Å². The first-order valence-corrected chi connectivity index (χ1v) is 4.68. The fourth-order valence-corrected chi connectivity index (χ4v) is 1.08. The van der Waals surface area contributed by atoms with Crippen molar-refractivity contribution in [2.75, 3.05) is 7.11 Å². The van der Waals surface area contributed by atoms with E-state index in [1.54, 1.807) is 13.4 Å². The smallest absolute Gasteiger partial charge is 0.119 e. The number of benzene rings is 1. The fourth-order valence-electron chi connectivity index (χ4n) is 1.08. The summed E-state index contributed by atoms with van der Waals surface area (Å²) >= 11 is 0. The Balaban J connectivity index is 2.64. The first kappa shape index (κ1) is 10.6. The second-order valence-corrected chi connectivity index (χ2v) is 3.27. The van der Waals surface area contributed by atoms with Gasteiger partial charge < -0.3 is 9.47 Å². The average molecular weight is 192 g/mol. The van der Waals surface area contributed by atoms with Gasteiger partial charge in [-0.2, -0.15) is 0 Å². The standard InChI is InChI=1S/C12H16O2/c1-10(2)14-12-6-4-11(5-7-12)8-9-13-3/h4-10H,1-3H3/b9-8+. The minimum atomic E-state index is 0.218. The van der Waals surface area contributed by atoms with Gasteiger partial charge in [0.2, 0.25) is 0 Å². The van der Waals surface area contributed by atoms with Gasteiger partial charge in [0.15, 0.2) is 0 Å². The van der Waals surface area contributed by atoms with Crippen LogP contribution in [0, 0.1) is 0 Å². The van der Waals surface area contributed by atoms with Crippen LogP contribution in [0.4, 0.5) is 0 Å². The second-order valence-electron chi connectivity index (χ2n) is 3.27. The van der Waals surface area contributed by atoms with Crippen molar-refractivity contribution in [3.05, 3.63) is 36.1 Å². The summed E-state index contributed by atoms with van der Waals surface area (Å²) in [4.78, 5) is 0. The zero-order chi connectivity index (χ0) is 10.4. The molecular weight excluding hydrogens is 176 g/mol. The molecule has 0 aliphatic rings. The lowest BCUT2D eigenvalue weighted by Gasteiger charge is -2.09. The van der Waals surface area contributed by atoms with Crippen molar-refractivity contribution in [1.29, 1.82) is 0 Å². The largest absolute Gasteiger partial charge is 0.504 e. The number of ether oxygens (including phenoxy) is 2. The Morgan fingerprint density at radius 2 is 1.79 bits per heavy atom. The van der Waals surface area contributed by atoms with Gasteiger partial charge in [0.05, 0.1) is 19.5 Å². The van der Waals surface area contributed by atoms with E-state index in [1.807, 2.05) is 44.2 Å². The van der Waals surface area contributed by atoms with Crippen LogP contribution in [0.25, 0.3) is 6.08 Å². The first-order valence-electron chi connectivity index (χ1n) is 4.68. The van der Waals surface area contributed by atoms with Crippen LogP contribution in [0.3, 0.4) is 0 Å². The molecule has 1 rings (SSSR count). The lowest BCUT2D eigenvalue weighted by Crippen LogP contribution is -2.05. The summed E-state index contributed by atoms with van der Waals surface area (Å²) in [5, 5.41) is 0. The summed E-state index contributed by atoms with van der Waals surface area (Å²) in [7, 11) is 1.63. The Morgan fingerprint density at radius 3 is 2.29 bits per heavy atom. The molecule has 0 saturated heterocycles. The predicted molar refractivity (Wildman–Crippen MR) is 58.2 cm³/mol. The third-order valence-corrected chi connectivity index (χ3v) is 1.65. The van der Waals surface area contributed by atoms with Gasteiger partial charge in [0, 0.05) is 0 Å². The summed E-state index contributed by atoms with van der Waals surface area (Å²) in [6, 6.07) is 7.89. The Morgan fingerprint density at radius 1 is 1.14 bits per heavy atom. The Labute approximate surface area is 85.2 Å². The van der Waals surface area contributed by atoms with E-state index in [0.29, 0.717) is 0 Å². The van der Waals surface area contributed by atoms with Crippen LogP contribution in [0.2, 0.25) is 0 Å². The highest BCUT2D eigenvalue weighted by atomic mass is 16.5. The molecular formula is C12H16O2. The molecule has 0 bridgehead atoms. The SMILES string of the molecule is CO/C=C/c1ccc(OC(C)C)cc1. The molecule has 0 aliphatic heterocycles. The van der Waals surface area contributed by atoms with Gasteiger partial charge in [-0.1, -0.05) is 12.1 Å². The van der Waals surface area contributed by atoms with E-state index in [4.69, 9.17) is 9.47 Å². The van der Waals surface area contributed by atoms with Gasteiger partial charge in [0.25, 0.3) is 0 Å². The first-order chi connectivity index (χ1) is 6.72. The van der Waals surface area contributed by atoms with Gasteiger partial charge in [0.1, 0.15) is 5.75 Å². The van der Waals surface area contributed by atoms with E-state index in [0.717, 1.165) is 11.3 Å². The minimum absolute atomic E-state index is 0.218. The fraction of sp³-hybridized carbons (Fsp3) is 0.333. The van der Waals surface area contributed by atoms with Crippen molar-refractivity contribution in [2.24, 2.45) is 0 Å². The molecule has 0 N–H and O–H groups in total. The lowest BCUT2D eigenvalue weighted by atomic mass is 10.2. The molecule has 0 radical (unpaired) electrons. The highest BCUT2D eigenvalue weighted by molar-refractivity contribution is 5.49. The molecule has 0 amide bonds. The maximum absolute atomic E-state index is 5.52. The summed E-state index contributed by atoms with van der Waals surface area (Å²) in [6.45, 7) is 4.03. The quantitative estimate of drug-likeness (QED) is 0.682. The maximum Gasteiger partial charge on any atom is 0.119 e. The van der Waals surface area contributed by atoms with Crippen molar-refractivity contribution in [1.82, 2.24) is 0 Å². The monoisotopic (exact) mass is 192 g/mol. The van der Waals surface area contributed by atoms with Crippen LogP contribution in [0.5, 0.6) is 5.75 Å². The van der Waals surface area contributed by atoms with Gasteiger partial charge >= 0.3 is 0 Å². The van der Waals surface area contributed by atoms with Crippen LogP contribution in [-0.2, 0) is 4.74 Å². The molecule has 0 atom stereocenters. The van der Waals surface area contributed by atoms with E-state index < -0.39 is 0 Å². The number of rotatable bonds is 4. The average Bonchev–Trinajstić information content (AvgIpc) is 2.16. The van der Waals surface area contributed by atoms with Gasteiger partial charge in [-0.25, -0.2) is 0 Å². The zero-order valence-corrected chi connectivity index (χ0v) is 8.86. The van der Waals surface area contributed by atoms with E-state index in [1.165, 1.54) is 0 Å². The summed E-state index contributed by atoms with van der Waals surface area (Å²) in [6.07, 6.45) is 3.77. The number of hydrogen-bond acceptors (Lipinski definition) is 2. The molecule has 2 nitrogen and oxygen atoms in total. The highest BCUT2D eigenvalue weighted by Crippen LogP contribution is 2.14. The molecule has 1 aromatic rings. The van der Waals surface area contributed by atoms with Crippen molar-refractivity contribution >= 4 is 6.08 Å². The van der Waals surface area contributed by atoms with Crippen molar-refractivity contribution < 1.29 is 9.47 Å². The molecule has 0 spiro atoms. The summed E-state index contributed by atoms with van der Waals surface area (Å²) in [5.41, 5.74) is 1.10. The Bertz CT molecular complexity index is 286. The molecule has 1 aromatic carbocycles. The van der Waals surface area contributed by atoms with Crippen molar-refractivity contribution in [3.8, 4) is 5.75 Å². The molecule has 0 fully saturated rings. The van der Waals surface area contributed by atoms with E-state index >= 15 is 0 Å². The highest BCUT2D eigenvalue weighted by Gasteiger charge is 1.95. The Kier molecular flexibility index (Phi) is 4.05. The van der Waals surface area contributed by atoms with Gasteiger partial charge in [-0.05, 0) is 37.6 Å². The topological polar surface area (TPSA) is 18.5 Å².